The van der Waals surface area contributed by atoms with Gasteiger partial charge in [-0.2, -0.15) is 5.26 Å². The van der Waals surface area contributed by atoms with Crippen molar-refractivity contribution < 1.29 is 4.74 Å². The zero-order chi connectivity index (χ0) is 11.8. The first kappa shape index (κ1) is 10.2. The van der Waals surface area contributed by atoms with Gasteiger partial charge in [-0.05, 0) is 25.5 Å². The van der Waals surface area contributed by atoms with E-state index in [1.54, 1.807) is 12.3 Å². The Balaban J connectivity index is 2.08. The summed E-state index contributed by atoms with van der Waals surface area (Å²) in [6, 6.07) is 5.69. The third kappa shape index (κ3) is 1.67. The van der Waals surface area contributed by atoms with Crippen LogP contribution >= 0.6 is 0 Å². The van der Waals surface area contributed by atoms with Crippen LogP contribution in [0.1, 0.15) is 30.7 Å². The Morgan fingerprint density at radius 3 is 3.06 bits per heavy atom. The molecule has 1 aliphatic heterocycles. The molecule has 1 aliphatic rings. The molecule has 0 aromatic carbocycles. The zero-order valence-corrected chi connectivity index (χ0v) is 9.50. The van der Waals surface area contributed by atoms with Crippen LogP contribution < -0.4 is 0 Å². The Kier molecular flexibility index (Phi) is 2.30. The molecule has 0 N–H and O–H groups in total. The summed E-state index contributed by atoms with van der Waals surface area (Å²) in [4.78, 5) is 0. The number of hydrogen-bond donors (Lipinski definition) is 0. The maximum atomic E-state index is 8.90. The lowest BCUT2D eigenvalue weighted by molar-refractivity contribution is 0.123. The van der Waals surface area contributed by atoms with Crippen molar-refractivity contribution in [1.29, 1.82) is 5.26 Å². The summed E-state index contributed by atoms with van der Waals surface area (Å²) < 4.78 is 7.44. The van der Waals surface area contributed by atoms with Crippen LogP contribution in [0.3, 0.4) is 0 Å². The van der Waals surface area contributed by atoms with Gasteiger partial charge in [-0.1, -0.05) is 0 Å². The molecular weight excluding hydrogens is 216 g/mol. The smallest absolute Gasteiger partial charge is 0.160 e. The molecule has 0 saturated carbocycles. The van der Waals surface area contributed by atoms with E-state index in [9.17, 15) is 0 Å². The average Bonchev–Trinajstić information content (AvgIpc) is 2.93. The lowest BCUT2D eigenvalue weighted by Gasteiger charge is -2.05. The fourth-order valence-corrected chi connectivity index (χ4v) is 2.25. The maximum Gasteiger partial charge on any atom is 0.160 e. The molecule has 17 heavy (non-hydrogen) atoms. The van der Waals surface area contributed by atoms with Gasteiger partial charge in [-0.15, -0.1) is 10.2 Å². The maximum absolute atomic E-state index is 8.90. The third-order valence-electron chi connectivity index (χ3n) is 3.12. The quantitative estimate of drug-likeness (QED) is 0.741. The second-order valence-electron chi connectivity index (χ2n) is 4.39. The highest BCUT2D eigenvalue weighted by molar-refractivity contribution is 5.43. The Bertz CT molecular complexity index is 598. The van der Waals surface area contributed by atoms with Gasteiger partial charge in [0.05, 0.1) is 18.3 Å². The van der Waals surface area contributed by atoms with Crippen LogP contribution in [-0.2, 0) is 4.74 Å². The van der Waals surface area contributed by atoms with Gasteiger partial charge in [-0.3, -0.25) is 4.40 Å². The second kappa shape index (κ2) is 3.82. The Hall–Kier alpha value is -1.93. The normalized spacial score (nSPS) is 24.0. The van der Waals surface area contributed by atoms with Crippen molar-refractivity contribution in [2.75, 3.05) is 6.61 Å². The molecule has 0 aliphatic carbocycles. The van der Waals surface area contributed by atoms with E-state index in [2.05, 4.69) is 23.2 Å². The average molecular weight is 228 g/mol. The SMILES string of the molecule is CC1CC(c2nnc3ccc(C#N)cn23)CO1. The van der Waals surface area contributed by atoms with Gasteiger partial charge in [0, 0.05) is 12.1 Å². The molecular formula is C12H12N4O. The first-order valence-electron chi connectivity index (χ1n) is 5.64. The Morgan fingerprint density at radius 1 is 1.47 bits per heavy atom. The first-order valence-corrected chi connectivity index (χ1v) is 5.64. The first-order chi connectivity index (χ1) is 8.28. The molecule has 0 bridgehead atoms. The molecule has 0 radical (unpaired) electrons. The van der Waals surface area contributed by atoms with Crippen molar-refractivity contribution in [3.63, 3.8) is 0 Å². The summed E-state index contributed by atoms with van der Waals surface area (Å²) in [6.07, 6.45) is 3.01. The Morgan fingerprint density at radius 2 is 2.35 bits per heavy atom. The monoisotopic (exact) mass is 228 g/mol. The van der Waals surface area contributed by atoms with Gasteiger partial charge in [0.15, 0.2) is 5.65 Å². The van der Waals surface area contributed by atoms with Crippen LogP contribution in [0.4, 0.5) is 0 Å². The van der Waals surface area contributed by atoms with Gasteiger partial charge in [0.25, 0.3) is 0 Å². The fraction of sp³-hybridized carbons (Fsp3) is 0.417. The summed E-state index contributed by atoms with van der Waals surface area (Å²) in [5.41, 5.74) is 1.39. The minimum atomic E-state index is 0.270. The second-order valence-corrected chi connectivity index (χ2v) is 4.39. The zero-order valence-electron chi connectivity index (χ0n) is 9.50. The summed E-state index contributed by atoms with van der Waals surface area (Å²) in [7, 11) is 0. The number of fused-ring (bicyclic) bond motifs is 1. The van der Waals surface area contributed by atoms with Crippen LogP contribution in [0.2, 0.25) is 0 Å². The van der Waals surface area contributed by atoms with E-state index in [0.29, 0.717) is 12.2 Å². The van der Waals surface area contributed by atoms with E-state index < -0.39 is 0 Å². The predicted octanol–water partition coefficient (Wildman–Crippen LogP) is 1.49. The summed E-state index contributed by atoms with van der Waals surface area (Å²) in [5.74, 6) is 1.16. The number of hydrogen-bond acceptors (Lipinski definition) is 4. The molecule has 0 spiro atoms. The van der Waals surface area contributed by atoms with Gasteiger partial charge in [-0.25, -0.2) is 0 Å². The molecule has 5 heteroatoms. The van der Waals surface area contributed by atoms with Gasteiger partial charge < -0.3 is 4.74 Å². The lowest BCUT2D eigenvalue weighted by Crippen LogP contribution is -2.04. The van der Waals surface area contributed by atoms with Crippen molar-refractivity contribution in [2.24, 2.45) is 0 Å². The van der Waals surface area contributed by atoms with Crippen LogP contribution in [0.15, 0.2) is 18.3 Å². The van der Waals surface area contributed by atoms with E-state index in [1.807, 2.05) is 10.5 Å². The van der Waals surface area contributed by atoms with Crippen molar-refractivity contribution in [1.82, 2.24) is 14.6 Å². The minimum absolute atomic E-state index is 0.270. The summed E-state index contributed by atoms with van der Waals surface area (Å²) >= 11 is 0. The number of pyridine rings is 1. The van der Waals surface area contributed by atoms with Crippen molar-refractivity contribution in [2.45, 2.75) is 25.4 Å². The molecule has 86 valence electrons. The molecule has 2 aromatic heterocycles. The summed E-state index contributed by atoms with van der Waals surface area (Å²) in [5, 5.41) is 17.2. The third-order valence-corrected chi connectivity index (χ3v) is 3.12. The molecule has 3 rings (SSSR count). The largest absolute Gasteiger partial charge is 0.378 e. The van der Waals surface area contributed by atoms with E-state index in [-0.39, 0.29) is 12.0 Å². The molecule has 1 saturated heterocycles. The summed E-state index contributed by atoms with van der Waals surface area (Å²) in [6.45, 7) is 2.74. The van der Waals surface area contributed by atoms with E-state index in [1.165, 1.54) is 0 Å². The molecule has 2 atom stereocenters. The van der Waals surface area contributed by atoms with Crippen molar-refractivity contribution >= 4 is 5.65 Å². The van der Waals surface area contributed by atoms with E-state index in [4.69, 9.17) is 10.00 Å². The van der Waals surface area contributed by atoms with Crippen LogP contribution in [0.5, 0.6) is 0 Å². The fourth-order valence-electron chi connectivity index (χ4n) is 2.25. The number of nitriles is 1. The highest BCUT2D eigenvalue weighted by atomic mass is 16.5. The van der Waals surface area contributed by atoms with Gasteiger partial charge in [0.2, 0.25) is 0 Å². The molecule has 0 amide bonds. The predicted molar refractivity (Wildman–Crippen MR) is 60.5 cm³/mol. The van der Waals surface area contributed by atoms with Crippen molar-refractivity contribution in [3.8, 4) is 6.07 Å². The van der Waals surface area contributed by atoms with Crippen LogP contribution in [0.25, 0.3) is 5.65 Å². The highest BCUT2D eigenvalue weighted by Crippen LogP contribution is 2.28. The van der Waals surface area contributed by atoms with E-state index >= 15 is 0 Å². The minimum Gasteiger partial charge on any atom is -0.378 e. The van der Waals surface area contributed by atoms with Gasteiger partial charge >= 0.3 is 0 Å². The molecule has 5 nitrogen and oxygen atoms in total. The standard InChI is InChI=1S/C12H12N4O/c1-8-4-10(7-17-8)12-15-14-11-3-2-9(5-13)6-16(11)12/h2-3,6,8,10H,4,7H2,1H3. The number of rotatable bonds is 1. The van der Waals surface area contributed by atoms with E-state index in [0.717, 1.165) is 17.9 Å². The molecule has 2 aromatic rings. The lowest BCUT2D eigenvalue weighted by atomic mass is 10.1. The van der Waals surface area contributed by atoms with Crippen molar-refractivity contribution in [3.05, 3.63) is 29.7 Å². The molecule has 1 fully saturated rings. The van der Waals surface area contributed by atoms with Crippen LogP contribution in [0, 0.1) is 11.3 Å². The Labute approximate surface area is 98.6 Å². The number of ether oxygens (including phenoxy) is 1. The van der Waals surface area contributed by atoms with Crippen LogP contribution in [-0.4, -0.2) is 27.3 Å². The number of aromatic nitrogens is 3. The number of nitrogens with zero attached hydrogens (tertiary/aromatic N) is 4. The molecule has 3 heterocycles. The molecule has 2 unspecified atom stereocenters. The topological polar surface area (TPSA) is 63.2 Å². The highest BCUT2D eigenvalue weighted by Gasteiger charge is 2.27. The van der Waals surface area contributed by atoms with Gasteiger partial charge in [0.1, 0.15) is 11.9 Å².